The SMILES string of the molecule is Cc1ccc(C(O)(C(N)=O)C(F)(F)F)cc1-c1cnc(N)c(C2CNC2)n1. The Bertz CT molecular complexity index is 899. The molecule has 0 aliphatic carbocycles. The average Bonchev–Trinajstić information content (AvgIpc) is 2.54. The van der Waals surface area contributed by atoms with E-state index in [0.29, 0.717) is 30.0 Å². The number of hydrogen-bond donors (Lipinski definition) is 4. The second-order valence-electron chi connectivity index (χ2n) is 6.48. The standard InChI is InChI=1S/C17H18F3N5O2/c1-8-2-3-10(16(27,15(22)26)17(18,19)20)4-11(8)12-7-24-14(21)13(25-12)9-5-23-6-9/h2-4,7,9,23,27H,5-6H2,1H3,(H2,21,24)(H2,22,26). The maximum absolute atomic E-state index is 13.3. The van der Waals surface area contributed by atoms with E-state index in [1.807, 2.05) is 0 Å². The Balaban J connectivity index is 2.13. The van der Waals surface area contributed by atoms with Crippen molar-refractivity contribution >= 4 is 11.7 Å². The van der Waals surface area contributed by atoms with Crippen molar-refractivity contribution in [1.29, 1.82) is 0 Å². The van der Waals surface area contributed by atoms with Crippen LogP contribution in [-0.2, 0) is 10.4 Å². The lowest BCUT2D eigenvalue weighted by atomic mass is 9.89. The number of benzene rings is 1. The zero-order valence-corrected chi connectivity index (χ0v) is 14.3. The van der Waals surface area contributed by atoms with Crippen molar-refractivity contribution in [3.63, 3.8) is 0 Å². The van der Waals surface area contributed by atoms with E-state index in [1.54, 1.807) is 6.92 Å². The predicted molar refractivity (Wildman–Crippen MR) is 91.4 cm³/mol. The van der Waals surface area contributed by atoms with Gasteiger partial charge in [0.05, 0.1) is 17.6 Å². The number of aromatic nitrogens is 2. The lowest BCUT2D eigenvalue weighted by molar-refractivity contribution is -0.255. The van der Waals surface area contributed by atoms with E-state index in [9.17, 15) is 23.1 Å². The first-order valence-corrected chi connectivity index (χ1v) is 8.09. The lowest BCUT2D eigenvalue weighted by Gasteiger charge is -2.28. The summed E-state index contributed by atoms with van der Waals surface area (Å²) in [6, 6.07) is 3.42. The third-order valence-corrected chi connectivity index (χ3v) is 4.70. The van der Waals surface area contributed by atoms with Crippen LogP contribution < -0.4 is 16.8 Å². The van der Waals surface area contributed by atoms with E-state index in [4.69, 9.17) is 11.5 Å². The van der Waals surface area contributed by atoms with Crippen LogP contribution >= 0.6 is 0 Å². The maximum atomic E-state index is 13.3. The van der Waals surface area contributed by atoms with E-state index >= 15 is 0 Å². The molecule has 1 fully saturated rings. The highest BCUT2D eigenvalue weighted by Gasteiger charge is 2.60. The first-order chi connectivity index (χ1) is 12.6. The summed E-state index contributed by atoms with van der Waals surface area (Å²) >= 11 is 0. The van der Waals surface area contributed by atoms with Gasteiger partial charge in [0.15, 0.2) is 0 Å². The summed E-state index contributed by atoms with van der Waals surface area (Å²) in [7, 11) is 0. The Morgan fingerprint density at radius 3 is 2.52 bits per heavy atom. The predicted octanol–water partition coefficient (Wildman–Crippen LogP) is 0.956. The minimum atomic E-state index is -5.28. The van der Waals surface area contributed by atoms with Gasteiger partial charge >= 0.3 is 6.18 Å². The van der Waals surface area contributed by atoms with Gasteiger partial charge in [0.1, 0.15) is 5.82 Å². The van der Waals surface area contributed by atoms with Gasteiger partial charge in [-0.15, -0.1) is 0 Å². The zero-order valence-electron chi connectivity index (χ0n) is 14.3. The summed E-state index contributed by atoms with van der Waals surface area (Å²) in [5, 5.41) is 13.1. The van der Waals surface area contributed by atoms with Crippen LogP contribution in [0.3, 0.4) is 0 Å². The highest BCUT2D eigenvalue weighted by Crippen LogP contribution is 2.40. The third-order valence-electron chi connectivity index (χ3n) is 4.70. The minimum absolute atomic E-state index is 0.0682. The number of aliphatic hydroxyl groups is 1. The van der Waals surface area contributed by atoms with Crippen molar-refractivity contribution in [2.24, 2.45) is 5.73 Å². The van der Waals surface area contributed by atoms with E-state index in [1.165, 1.54) is 12.3 Å². The molecule has 7 nitrogen and oxygen atoms in total. The normalized spacial score (nSPS) is 17.2. The first kappa shape index (κ1) is 19.1. The van der Waals surface area contributed by atoms with Crippen molar-refractivity contribution in [2.75, 3.05) is 18.8 Å². The second-order valence-corrected chi connectivity index (χ2v) is 6.48. The molecule has 0 saturated carbocycles. The van der Waals surface area contributed by atoms with Gasteiger partial charge in [-0.25, -0.2) is 9.97 Å². The number of carbonyl (C=O) groups excluding carboxylic acids is 1. The minimum Gasteiger partial charge on any atom is -0.382 e. The molecule has 2 aromatic rings. The number of nitrogens with one attached hydrogen (secondary N) is 1. The molecule has 1 aliphatic rings. The van der Waals surface area contributed by atoms with Crippen molar-refractivity contribution in [3.8, 4) is 11.3 Å². The molecule has 27 heavy (non-hydrogen) atoms. The Morgan fingerprint density at radius 2 is 2.00 bits per heavy atom. The topological polar surface area (TPSA) is 127 Å². The van der Waals surface area contributed by atoms with Gasteiger partial charge in [-0.3, -0.25) is 4.79 Å². The van der Waals surface area contributed by atoms with Crippen molar-refractivity contribution < 1.29 is 23.1 Å². The highest BCUT2D eigenvalue weighted by molar-refractivity contribution is 5.86. The smallest absolute Gasteiger partial charge is 0.382 e. The summed E-state index contributed by atoms with van der Waals surface area (Å²) in [6.07, 6.45) is -3.94. The molecular formula is C17H18F3N5O2. The molecule has 0 radical (unpaired) electrons. The van der Waals surface area contributed by atoms with Gasteiger partial charge in [-0.1, -0.05) is 12.1 Å². The highest BCUT2D eigenvalue weighted by atomic mass is 19.4. The van der Waals surface area contributed by atoms with E-state index < -0.39 is 23.2 Å². The Hall–Kier alpha value is -2.72. The molecule has 3 rings (SSSR count). The van der Waals surface area contributed by atoms with Crippen LogP contribution in [0.5, 0.6) is 0 Å². The summed E-state index contributed by atoms with van der Waals surface area (Å²) < 4.78 is 40.0. The number of nitrogens with zero attached hydrogens (tertiary/aromatic N) is 2. The van der Waals surface area contributed by atoms with Crippen LogP contribution in [-0.4, -0.2) is 40.2 Å². The van der Waals surface area contributed by atoms with Gasteiger partial charge in [0.25, 0.3) is 11.5 Å². The van der Waals surface area contributed by atoms with Crippen LogP contribution in [0.4, 0.5) is 19.0 Å². The van der Waals surface area contributed by atoms with Gasteiger partial charge in [0, 0.05) is 30.1 Å². The van der Waals surface area contributed by atoms with Crippen LogP contribution in [0.2, 0.25) is 0 Å². The fourth-order valence-electron chi connectivity index (χ4n) is 2.89. The van der Waals surface area contributed by atoms with E-state index in [0.717, 1.165) is 12.1 Å². The number of amides is 1. The van der Waals surface area contributed by atoms with Crippen LogP contribution in [0, 0.1) is 6.92 Å². The first-order valence-electron chi connectivity index (χ1n) is 8.09. The van der Waals surface area contributed by atoms with E-state index in [-0.39, 0.29) is 17.3 Å². The molecule has 6 N–H and O–H groups in total. The van der Waals surface area contributed by atoms with Crippen LogP contribution in [0.1, 0.15) is 22.7 Å². The van der Waals surface area contributed by atoms with Crippen molar-refractivity contribution in [2.45, 2.75) is 24.6 Å². The number of primary amides is 1. The molecule has 1 amide bonds. The Morgan fingerprint density at radius 1 is 1.33 bits per heavy atom. The Labute approximate surface area is 152 Å². The molecule has 1 aliphatic heterocycles. The van der Waals surface area contributed by atoms with Gasteiger partial charge in [-0.2, -0.15) is 13.2 Å². The number of rotatable bonds is 4. The summed E-state index contributed by atoms with van der Waals surface area (Å²) in [5.74, 6) is -1.59. The number of hydrogen-bond acceptors (Lipinski definition) is 6. The number of halogens is 3. The molecular weight excluding hydrogens is 363 g/mol. The van der Waals surface area contributed by atoms with Gasteiger partial charge < -0.3 is 21.9 Å². The molecule has 10 heteroatoms. The zero-order chi connectivity index (χ0) is 20.0. The molecule has 1 aromatic heterocycles. The van der Waals surface area contributed by atoms with Crippen molar-refractivity contribution in [1.82, 2.24) is 15.3 Å². The molecule has 1 atom stereocenters. The lowest BCUT2D eigenvalue weighted by Crippen LogP contribution is -2.52. The van der Waals surface area contributed by atoms with Crippen LogP contribution in [0.15, 0.2) is 24.4 Å². The number of carbonyl (C=O) groups is 1. The molecule has 2 heterocycles. The number of alkyl halides is 3. The molecule has 144 valence electrons. The van der Waals surface area contributed by atoms with E-state index in [2.05, 4.69) is 15.3 Å². The average molecular weight is 381 g/mol. The molecule has 1 unspecified atom stereocenters. The van der Waals surface area contributed by atoms with Crippen molar-refractivity contribution in [3.05, 3.63) is 41.2 Å². The van der Waals surface area contributed by atoms with Gasteiger partial charge in [-0.05, 0) is 18.6 Å². The number of nitrogen functional groups attached to an aromatic ring is 1. The maximum Gasteiger partial charge on any atom is 0.430 e. The Kier molecular flexibility index (Phi) is 4.56. The number of anilines is 1. The molecule has 0 bridgehead atoms. The van der Waals surface area contributed by atoms with Crippen LogP contribution in [0.25, 0.3) is 11.3 Å². The fraction of sp³-hybridized carbons (Fsp3) is 0.353. The monoisotopic (exact) mass is 381 g/mol. The molecule has 1 aromatic carbocycles. The van der Waals surface area contributed by atoms with Gasteiger partial charge in [0.2, 0.25) is 0 Å². The summed E-state index contributed by atoms with van der Waals surface area (Å²) in [5.41, 5.74) is 7.95. The molecule has 0 spiro atoms. The fourth-order valence-corrected chi connectivity index (χ4v) is 2.89. The summed E-state index contributed by atoms with van der Waals surface area (Å²) in [4.78, 5) is 20.0. The summed E-state index contributed by atoms with van der Waals surface area (Å²) in [6.45, 7) is 3.02. The second kappa shape index (κ2) is 6.46. The largest absolute Gasteiger partial charge is 0.430 e. The quantitative estimate of drug-likeness (QED) is 0.625. The third kappa shape index (κ3) is 3.10. The molecule has 1 saturated heterocycles. The number of nitrogens with two attached hydrogens (primary N) is 2. The number of aryl methyl sites for hydroxylation is 1.